The summed E-state index contributed by atoms with van der Waals surface area (Å²) in [4.78, 5) is 0. The molecule has 0 atom stereocenters. The van der Waals surface area contributed by atoms with Crippen LogP contribution in [0.4, 0.5) is 0 Å². The van der Waals surface area contributed by atoms with Crippen LogP contribution in [0.25, 0.3) is 0 Å². The summed E-state index contributed by atoms with van der Waals surface area (Å²) < 4.78 is 0. The number of aromatic hydroxyl groups is 1. The fraction of sp³-hybridized carbons (Fsp3) is 0.368. The third-order valence-corrected chi connectivity index (χ3v) is 4.41. The van der Waals surface area contributed by atoms with E-state index in [-0.39, 0.29) is 5.41 Å². The fourth-order valence-electron chi connectivity index (χ4n) is 2.92. The van der Waals surface area contributed by atoms with E-state index in [0.717, 1.165) is 12.0 Å². The second-order valence-corrected chi connectivity index (χ2v) is 6.37. The van der Waals surface area contributed by atoms with E-state index in [2.05, 4.69) is 46.8 Å². The van der Waals surface area contributed by atoms with E-state index >= 15 is 0 Å². The van der Waals surface area contributed by atoms with Gasteiger partial charge in [-0.2, -0.15) is 0 Å². The van der Waals surface area contributed by atoms with Gasteiger partial charge < -0.3 is 5.11 Å². The van der Waals surface area contributed by atoms with Crippen molar-refractivity contribution in [2.45, 2.75) is 46.5 Å². The molecule has 0 unspecified atom stereocenters. The molecule has 0 heterocycles. The quantitative estimate of drug-likeness (QED) is 0.844. The summed E-state index contributed by atoms with van der Waals surface area (Å²) in [6, 6.07) is 12.1. The van der Waals surface area contributed by atoms with Crippen molar-refractivity contribution in [1.82, 2.24) is 0 Å². The topological polar surface area (TPSA) is 20.2 Å². The maximum atomic E-state index is 9.99. The zero-order valence-electron chi connectivity index (χ0n) is 13.1. The Balaban J connectivity index is 2.41. The minimum atomic E-state index is 0.00137. The van der Waals surface area contributed by atoms with E-state index in [0.29, 0.717) is 5.75 Å². The standard InChI is InChI=1S/C19H24O/c1-13-10-11-17(15(3)14(13)2)19(4,5)12-16-8-6-7-9-18(16)20/h6-11,20H,12H2,1-5H3. The predicted octanol–water partition coefficient (Wildman–Crippen LogP) is 4.84. The van der Waals surface area contributed by atoms with Gasteiger partial charge in [-0.3, -0.25) is 0 Å². The zero-order valence-corrected chi connectivity index (χ0v) is 13.1. The Morgan fingerprint density at radius 1 is 0.900 bits per heavy atom. The highest BCUT2D eigenvalue weighted by atomic mass is 16.3. The van der Waals surface area contributed by atoms with Gasteiger partial charge in [-0.15, -0.1) is 0 Å². The van der Waals surface area contributed by atoms with Crippen LogP contribution in [0.5, 0.6) is 5.75 Å². The third-order valence-electron chi connectivity index (χ3n) is 4.41. The van der Waals surface area contributed by atoms with E-state index in [1.54, 1.807) is 6.07 Å². The minimum Gasteiger partial charge on any atom is -0.508 e. The number of para-hydroxylation sites is 1. The summed E-state index contributed by atoms with van der Waals surface area (Å²) in [6.07, 6.45) is 0.836. The number of phenols is 1. The van der Waals surface area contributed by atoms with Crippen molar-refractivity contribution in [2.75, 3.05) is 0 Å². The van der Waals surface area contributed by atoms with Gasteiger partial charge in [-0.1, -0.05) is 44.2 Å². The summed E-state index contributed by atoms with van der Waals surface area (Å²) >= 11 is 0. The van der Waals surface area contributed by atoms with Gasteiger partial charge >= 0.3 is 0 Å². The monoisotopic (exact) mass is 268 g/mol. The van der Waals surface area contributed by atoms with Crippen molar-refractivity contribution in [3.8, 4) is 5.75 Å². The third kappa shape index (κ3) is 2.72. The molecule has 0 aliphatic heterocycles. The lowest BCUT2D eigenvalue weighted by Gasteiger charge is -2.29. The molecule has 0 radical (unpaired) electrons. The molecule has 0 saturated carbocycles. The average molecular weight is 268 g/mol. The Morgan fingerprint density at radius 2 is 1.55 bits per heavy atom. The van der Waals surface area contributed by atoms with Crippen molar-refractivity contribution in [1.29, 1.82) is 0 Å². The van der Waals surface area contributed by atoms with E-state index in [4.69, 9.17) is 0 Å². The smallest absolute Gasteiger partial charge is 0.118 e. The molecule has 2 rings (SSSR count). The second-order valence-electron chi connectivity index (χ2n) is 6.37. The number of hydrogen-bond acceptors (Lipinski definition) is 1. The minimum absolute atomic E-state index is 0.00137. The molecule has 0 fully saturated rings. The van der Waals surface area contributed by atoms with Crippen LogP contribution in [-0.4, -0.2) is 5.11 Å². The molecule has 20 heavy (non-hydrogen) atoms. The van der Waals surface area contributed by atoms with Crippen LogP contribution in [0, 0.1) is 20.8 Å². The number of aryl methyl sites for hydroxylation is 1. The van der Waals surface area contributed by atoms with E-state index in [1.807, 2.05) is 18.2 Å². The van der Waals surface area contributed by atoms with Gasteiger partial charge in [0.25, 0.3) is 0 Å². The van der Waals surface area contributed by atoms with E-state index in [9.17, 15) is 5.11 Å². The lowest BCUT2D eigenvalue weighted by atomic mass is 9.76. The molecule has 106 valence electrons. The number of phenolic OH excluding ortho intramolecular Hbond substituents is 1. The molecule has 0 aromatic heterocycles. The first-order valence-corrected chi connectivity index (χ1v) is 7.17. The molecule has 2 aromatic carbocycles. The number of benzene rings is 2. The Kier molecular flexibility index (Phi) is 3.89. The van der Waals surface area contributed by atoms with Crippen LogP contribution in [0.15, 0.2) is 36.4 Å². The molecule has 2 aromatic rings. The molecule has 0 bridgehead atoms. The fourth-order valence-corrected chi connectivity index (χ4v) is 2.92. The largest absolute Gasteiger partial charge is 0.508 e. The molecule has 0 saturated heterocycles. The molecule has 1 heteroatoms. The summed E-state index contributed by atoms with van der Waals surface area (Å²) in [6.45, 7) is 11.0. The molecule has 1 N–H and O–H groups in total. The molecule has 0 amide bonds. The SMILES string of the molecule is Cc1ccc(C(C)(C)Cc2ccccc2O)c(C)c1C. The molecule has 1 nitrogen and oxygen atoms in total. The Hall–Kier alpha value is -1.76. The van der Waals surface area contributed by atoms with Crippen LogP contribution in [0.3, 0.4) is 0 Å². The zero-order chi connectivity index (χ0) is 14.9. The lowest BCUT2D eigenvalue weighted by molar-refractivity contribution is 0.450. The van der Waals surface area contributed by atoms with Crippen molar-refractivity contribution < 1.29 is 5.11 Å². The first-order chi connectivity index (χ1) is 9.33. The molecule has 0 aliphatic rings. The van der Waals surface area contributed by atoms with E-state index in [1.165, 1.54) is 22.3 Å². The molecule has 0 aliphatic carbocycles. The van der Waals surface area contributed by atoms with Gasteiger partial charge in [-0.05, 0) is 66.5 Å². The van der Waals surface area contributed by atoms with Crippen molar-refractivity contribution >= 4 is 0 Å². The molecular weight excluding hydrogens is 244 g/mol. The predicted molar refractivity (Wildman–Crippen MR) is 85.5 cm³/mol. The van der Waals surface area contributed by atoms with Crippen LogP contribution >= 0.6 is 0 Å². The summed E-state index contributed by atoms with van der Waals surface area (Å²) in [7, 11) is 0. The van der Waals surface area contributed by atoms with Gasteiger partial charge in [0.15, 0.2) is 0 Å². The van der Waals surface area contributed by atoms with Gasteiger partial charge in [0, 0.05) is 0 Å². The Morgan fingerprint density at radius 3 is 2.20 bits per heavy atom. The van der Waals surface area contributed by atoms with Crippen molar-refractivity contribution in [2.24, 2.45) is 0 Å². The summed E-state index contributed by atoms with van der Waals surface area (Å²) in [5, 5.41) is 9.99. The summed E-state index contributed by atoms with van der Waals surface area (Å²) in [5.74, 6) is 0.391. The first kappa shape index (κ1) is 14.6. The van der Waals surface area contributed by atoms with Crippen LogP contribution in [0.1, 0.15) is 41.7 Å². The maximum absolute atomic E-state index is 9.99. The number of rotatable bonds is 3. The highest BCUT2D eigenvalue weighted by molar-refractivity contribution is 5.44. The van der Waals surface area contributed by atoms with Gasteiger partial charge in [0.1, 0.15) is 5.75 Å². The maximum Gasteiger partial charge on any atom is 0.118 e. The molecule has 0 spiro atoms. The normalized spacial score (nSPS) is 11.7. The van der Waals surface area contributed by atoms with Crippen LogP contribution < -0.4 is 0 Å². The van der Waals surface area contributed by atoms with Crippen LogP contribution in [-0.2, 0) is 11.8 Å². The average Bonchev–Trinajstić information content (AvgIpc) is 2.38. The van der Waals surface area contributed by atoms with Gasteiger partial charge in [0.2, 0.25) is 0 Å². The number of hydrogen-bond donors (Lipinski definition) is 1. The Bertz CT molecular complexity index is 624. The van der Waals surface area contributed by atoms with Crippen molar-refractivity contribution in [3.63, 3.8) is 0 Å². The van der Waals surface area contributed by atoms with Gasteiger partial charge in [0.05, 0.1) is 0 Å². The van der Waals surface area contributed by atoms with E-state index < -0.39 is 0 Å². The first-order valence-electron chi connectivity index (χ1n) is 7.17. The second kappa shape index (κ2) is 5.32. The Labute approximate surface area is 122 Å². The highest BCUT2D eigenvalue weighted by Gasteiger charge is 2.25. The van der Waals surface area contributed by atoms with Crippen LogP contribution in [0.2, 0.25) is 0 Å². The lowest BCUT2D eigenvalue weighted by Crippen LogP contribution is -2.22. The van der Waals surface area contributed by atoms with Gasteiger partial charge in [-0.25, -0.2) is 0 Å². The summed E-state index contributed by atoms with van der Waals surface area (Å²) in [5.41, 5.74) is 6.45. The highest BCUT2D eigenvalue weighted by Crippen LogP contribution is 2.34. The molecular formula is C19H24O. The van der Waals surface area contributed by atoms with Crippen molar-refractivity contribution in [3.05, 3.63) is 64.2 Å².